The third-order valence-electron chi connectivity index (χ3n) is 3.66. The molecule has 0 aromatic heterocycles. The summed E-state index contributed by atoms with van der Waals surface area (Å²) in [6.45, 7) is 4.25. The minimum atomic E-state index is -0.0220. The van der Waals surface area contributed by atoms with Crippen molar-refractivity contribution in [1.29, 1.82) is 0 Å². The second-order valence-corrected chi connectivity index (χ2v) is 6.51. The molecule has 100 valence electrons. The van der Waals surface area contributed by atoms with Crippen LogP contribution in [0.4, 0.5) is 5.69 Å². The lowest BCUT2D eigenvalue weighted by Gasteiger charge is -2.41. The van der Waals surface area contributed by atoms with Gasteiger partial charge in [-0.1, -0.05) is 22.0 Å². The molecule has 0 bridgehead atoms. The number of halogens is 2. The van der Waals surface area contributed by atoms with E-state index >= 15 is 0 Å². The van der Waals surface area contributed by atoms with E-state index in [-0.39, 0.29) is 5.60 Å². The normalized spacial score (nSPS) is 24.3. The van der Waals surface area contributed by atoms with Crippen molar-refractivity contribution in [1.82, 2.24) is 0 Å². The summed E-state index contributed by atoms with van der Waals surface area (Å²) < 4.78 is 6.82. The zero-order chi connectivity index (χ0) is 13.2. The standard InChI is InChI=1S/C14H19Br2NO/c1-14(18-2)6-3-7-17(10-14)13-5-4-11(9-15)8-12(13)16/h4-5,8H,3,6-7,9-10H2,1-2H3. The molecule has 2 rings (SSSR count). The fraction of sp³-hybridized carbons (Fsp3) is 0.571. The number of piperidine rings is 1. The van der Waals surface area contributed by atoms with Gasteiger partial charge in [0.25, 0.3) is 0 Å². The van der Waals surface area contributed by atoms with E-state index in [9.17, 15) is 0 Å². The first kappa shape index (κ1) is 14.4. The third kappa shape index (κ3) is 3.09. The second kappa shape index (κ2) is 5.93. The van der Waals surface area contributed by atoms with E-state index in [4.69, 9.17) is 4.74 Å². The molecule has 0 amide bonds. The van der Waals surface area contributed by atoms with Crippen molar-refractivity contribution in [2.75, 3.05) is 25.1 Å². The highest BCUT2D eigenvalue weighted by atomic mass is 79.9. The Morgan fingerprint density at radius 3 is 2.83 bits per heavy atom. The maximum Gasteiger partial charge on any atom is 0.0825 e. The van der Waals surface area contributed by atoms with Gasteiger partial charge in [0.05, 0.1) is 11.3 Å². The monoisotopic (exact) mass is 375 g/mol. The molecule has 0 N–H and O–H groups in total. The van der Waals surface area contributed by atoms with Crippen LogP contribution < -0.4 is 4.90 Å². The average molecular weight is 377 g/mol. The Labute approximate surface area is 126 Å². The van der Waals surface area contributed by atoms with Gasteiger partial charge in [-0.3, -0.25) is 0 Å². The van der Waals surface area contributed by atoms with Crippen LogP contribution in [-0.4, -0.2) is 25.8 Å². The minimum Gasteiger partial charge on any atom is -0.377 e. The Kier molecular flexibility index (Phi) is 4.73. The molecule has 1 aromatic carbocycles. The molecule has 1 fully saturated rings. The number of benzene rings is 1. The first-order valence-corrected chi connectivity index (χ1v) is 8.14. The minimum absolute atomic E-state index is 0.0220. The van der Waals surface area contributed by atoms with Crippen LogP contribution in [0.15, 0.2) is 22.7 Å². The fourth-order valence-corrected chi connectivity index (χ4v) is 3.49. The molecule has 1 atom stereocenters. The van der Waals surface area contributed by atoms with E-state index in [0.717, 1.165) is 24.8 Å². The van der Waals surface area contributed by atoms with Gasteiger partial charge in [0, 0.05) is 30.0 Å². The number of rotatable bonds is 3. The zero-order valence-electron chi connectivity index (χ0n) is 10.9. The van der Waals surface area contributed by atoms with Crippen molar-refractivity contribution in [2.45, 2.75) is 30.7 Å². The molecule has 1 aliphatic rings. The molecule has 1 unspecified atom stereocenters. The molecular weight excluding hydrogens is 358 g/mol. The molecule has 2 nitrogen and oxygen atoms in total. The summed E-state index contributed by atoms with van der Waals surface area (Å²) in [4.78, 5) is 2.41. The summed E-state index contributed by atoms with van der Waals surface area (Å²) in [5.41, 5.74) is 2.53. The summed E-state index contributed by atoms with van der Waals surface area (Å²) in [5.74, 6) is 0. The summed E-state index contributed by atoms with van der Waals surface area (Å²) in [5, 5.41) is 0.891. The lowest BCUT2D eigenvalue weighted by molar-refractivity contribution is -0.00467. The van der Waals surface area contributed by atoms with Crippen molar-refractivity contribution >= 4 is 37.5 Å². The Morgan fingerprint density at radius 1 is 1.44 bits per heavy atom. The van der Waals surface area contributed by atoms with E-state index in [1.807, 2.05) is 7.11 Å². The Bertz CT molecular complexity index is 424. The fourth-order valence-electron chi connectivity index (χ4n) is 2.47. The number of hydrogen-bond donors (Lipinski definition) is 0. The van der Waals surface area contributed by atoms with Gasteiger partial charge in [-0.25, -0.2) is 0 Å². The van der Waals surface area contributed by atoms with Crippen LogP contribution in [0.1, 0.15) is 25.3 Å². The SMILES string of the molecule is COC1(C)CCCN(c2ccc(CBr)cc2Br)C1. The van der Waals surface area contributed by atoms with Crippen LogP contribution in [0, 0.1) is 0 Å². The van der Waals surface area contributed by atoms with Crippen LogP contribution in [0.2, 0.25) is 0 Å². The second-order valence-electron chi connectivity index (χ2n) is 5.10. The first-order chi connectivity index (χ1) is 8.58. The molecule has 1 saturated heterocycles. The molecule has 0 radical (unpaired) electrons. The highest BCUT2D eigenvalue weighted by molar-refractivity contribution is 9.10. The summed E-state index contributed by atoms with van der Waals surface area (Å²) in [6.07, 6.45) is 2.31. The van der Waals surface area contributed by atoms with Crippen LogP contribution in [0.3, 0.4) is 0 Å². The van der Waals surface area contributed by atoms with E-state index in [1.54, 1.807) is 0 Å². The van der Waals surface area contributed by atoms with Crippen LogP contribution in [-0.2, 0) is 10.1 Å². The number of alkyl halides is 1. The van der Waals surface area contributed by atoms with E-state index in [0.29, 0.717) is 0 Å². The van der Waals surface area contributed by atoms with Crippen LogP contribution in [0.25, 0.3) is 0 Å². The Hall–Kier alpha value is -0.0600. The van der Waals surface area contributed by atoms with Crippen LogP contribution >= 0.6 is 31.9 Å². The number of methoxy groups -OCH3 is 1. The van der Waals surface area contributed by atoms with Crippen molar-refractivity contribution in [3.05, 3.63) is 28.2 Å². The van der Waals surface area contributed by atoms with Crippen molar-refractivity contribution in [2.24, 2.45) is 0 Å². The van der Waals surface area contributed by atoms with Crippen LogP contribution in [0.5, 0.6) is 0 Å². The van der Waals surface area contributed by atoms with Gasteiger partial charge in [-0.15, -0.1) is 0 Å². The van der Waals surface area contributed by atoms with E-state index < -0.39 is 0 Å². The molecule has 0 saturated carbocycles. The van der Waals surface area contributed by atoms with Crippen molar-refractivity contribution in [3.63, 3.8) is 0 Å². The average Bonchev–Trinajstić information content (AvgIpc) is 2.38. The number of anilines is 1. The molecule has 1 aromatic rings. The van der Waals surface area contributed by atoms with Crippen molar-refractivity contribution in [3.8, 4) is 0 Å². The lowest BCUT2D eigenvalue weighted by atomic mass is 9.94. The smallest absolute Gasteiger partial charge is 0.0825 e. The molecule has 1 aliphatic heterocycles. The predicted molar refractivity (Wildman–Crippen MR) is 83.6 cm³/mol. The summed E-state index contributed by atoms with van der Waals surface area (Å²) in [7, 11) is 1.81. The maximum atomic E-state index is 5.65. The maximum absolute atomic E-state index is 5.65. The topological polar surface area (TPSA) is 12.5 Å². The molecule has 0 spiro atoms. The highest BCUT2D eigenvalue weighted by Gasteiger charge is 2.31. The lowest BCUT2D eigenvalue weighted by Crippen LogP contribution is -2.47. The summed E-state index contributed by atoms with van der Waals surface area (Å²) in [6, 6.07) is 6.55. The molecular formula is C14H19Br2NO. The number of nitrogens with zero attached hydrogens (tertiary/aromatic N) is 1. The number of ether oxygens (including phenoxy) is 1. The number of hydrogen-bond acceptors (Lipinski definition) is 2. The van der Waals surface area contributed by atoms with Gasteiger partial charge < -0.3 is 9.64 Å². The van der Waals surface area contributed by atoms with Gasteiger partial charge in [0.15, 0.2) is 0 Å². The predicted octanol–water partition coefficient (Wildman–Crippen LogP) is 4.35. The Morgan fingerprint density at radius 2 is 2.22 bits per heavy atom. The van der Waals surface area contributed by atoms with E-state index in [1.165, 1.54) is 22.1 Å². The molecule has 1 heterocycles. The summed E-state index contributed by atoms with van der Waals surface area (Å²) >= 11 is 7.17. The van der Waals surface area contributed by atoms with Gasteiger partial charge in [-0.2, -0.15) is 0 Å². The highest BCUT2D eigenvalue weighted by Crippen LogP contribution is 2.33. The molecule has 0 aliphatic carbocycles. The Balaban J connectivity index is 2.21. The first-order valence-electron chi connectivity index (χ1n) is 6.22. The van der Waals surface area contributed by atoms with Gasteiger partial charge in [-0.05, 0) is 53.4 Å². The quantitative estimate of drug-likeness (QED) is 0.727. The van der Waals surface area contributed by atoms with E-state index in [2.05, 4.69) is 61.9 Å². The van der Waals surface area contributed by atoms with Gasteiger partial charge in [0.1, 0.15) is 0 Å². The molecule has 18 heavy (non-hydrogen) atoms. The zero-order valence-corrected chi connectivity index (χ0v) is 14.1. The largest absolute Gasteiger partial charge is 0.377 e. The van der Waals surface area contributed by atoms with Gasteiger partial charge in [0.2, 0.25) is 0 Å². The van der Waals surface area contributed by atoms with Gasteiger partial charge >= 0.3 is 0 Å². The third-order valence-corrected chi connectivity index (χ3v) is 4.94. The van der Waals surface area contributed by atoms with Crippen molar-refractivity contribution < 1.29 is 4.74 Å². The molecule has 4 heteroatoms.